The SMILES string of the molecule is C=CCN(CC=C)[C@H](CNc1ccc(S(=O)(=O)N2CCOCC2)cc1[N+](=O)[O-])C(C)C. The predicted octanol–water partition coefficient (Wildman–Crippen LogP) is 2.73. The van der Waals surface area contributed by atoms with Crippen molar-refractivity contribution in [3.05, 3.63) is 53.6 Å². The van der Waals surface area contributed by atoms with Crippen molar-refractivity contribution in [3.63, 3.8) is 0 Å². The molecule has 0 bridgehead atoms. The van der Waals surface area contributed by atoms with Crippen LogP contribution >= 0.6 is 0 Å². The van der Waals surface area contributed by atoms with Crippen molar-refractivity contribution in [2.24, 2.45) is 5.92 Å². The van der Waals surface area contributed by atoms with E-state index in [9.17, 15) is 18.5 Å². The van der Waals surface area contributed by atoms with Crippen LogP contribution in [-0.2, 0) is 14.8 Å². The Hall–Kier alpha value is -2.27. The second-order valence-electron chi connectivity index (χ2n) is 7.68. The van der Waals surface area contributed by atoms with Crippen LogP contribution in [0.4, 0.5) is 11.4 Å². The standard InChI is InChI=1S/C21H32N4O5S/c1-5-9-23(10-6-2)21(17(3)4)16-22-19-8-7-18(15-20(19)25(26)27)31(28,29)24-11-13-30-14-12-24/h5-8,15,17,21-22H,1-2,9-14,16H2,3-4H3/t21-/m1/s1. The maximum absolute atomic E-state index is 12.9. The molecule has 0 amide bonds. The smallest absolute Gasteiger partial charge is 0.293 e. The average molecular weight is 453 g/mol. The van der Waals surface area contributed by atoms with E-state index in [1.165, 1.54) is 16.4 Å². The lowest BCUT2D eigenvalue weighted by Gasteiger charge is -2.33. The molecule has 31 heavy (non-hydrogen) atoms. The number of anilines is 1. The van der Waals surface area contributed by atoms with Gasteiger partial charge in [0.05, 0.1) is 23.0 Å². The van der Waals surface area contributed by atoms with Gasteiger partial charge in [-0.3, -0.25) is 15.0 Å². The molecule has 0 spiro atoms. The molecule has 0 aliphatic carbocycles. The number of ether oxygens (including phenoxy) is 1. The third-order valence-corrected chi connectivity index (χ3v) is 7.14. The lowest BCUT2D eigenvalue weighted by molar-refractivity contribution is -0.384. The summed E-state index contributed by atoms with van der Waals surface area (Å²) in [5.41, 5.74) is 0.0181. The second kappa shape index (κ2) is 11.4. The van der Waals surface area contributed by atoms with Gasteiger partial charge in [0, 0.05) is 44.8 Å². The van der Waals surface area contributed by atoms with E-state index in [2.05, 4.69) is 37.2 Å². The summed E-state index contributed by atoms with van der Waals surface area (Å²) >= 11 is 0. The quantitative estimate of drug-likeness (QED) is 0.295. The van der Waals surface area contributed by atoms with Crippen molar-refractivity contribution >= 4 is 21.4 Å². The Labute approximate surface area is 184 Å². The van der Waals surface area contributed by atoms with Gasteiger partial charge in [0.15, 0.2) is 0 Å². The molecule has 1 aromatic rings. The summed E-state index contributed by atoms with van der Waals surface area (Å²) in [5, 5.41) is 14.8. The van der Waals surface area contributed by atoms with Crippen molar-refractivity contribution in [3.8, 4) is 0 Å². The van der Waals surface area contributed by atoms with E-state index in [1.807, 2.05) is 12.2 Å². The van der Waals surface area contributed by atoms with Gasteiger partial charge < -0.3 is 10.1 Å². The van der Waals surface area contributed by atoms with E-state index < -0.39 is 14.9 Å². The van der Waals surface area contributed by atoms with Gasteiger partial charge in [-0.1, -0.05) is 26.0 Å². The summed E-state index contributed by atoms with van der Waals surface area (Å²) in [6.45, 7) is 14.6. The lowest BCUT2D eigenvalue weighted by Crippen LogP contribution is -2.43. The minimum Gasteiger partial charge on any atom is -0.379 e. The van der Waals surface area contributed by atoms with Crippen LogP contribution < -0.4 is 5.32 Å². The van der Waals surface area contributed by atoms with Crippen LogP contribution in [0.5, 0.6) is 0 Å². The van der Waals surface area contributed by atoms with Crippen molar-refractivity contribution in [2.75, 3.05) is 51.3 Å². The fourth-order valence-electron chi connectivity index (χ4n) is 3.59. The number of hydrogen-bond acceptors (Lipinski definition) is 7. The zero-order chi connectivity index (χ0) is 23.0. The molecule has 1 fully saturated rings. The van der Waals surface area contributed by atoms with Crippen molar-refractivity contribution < 1.29 is 18.1 Å². The van der Waals surface area contributed by atoms with Crippen LogP contribution in [-0.4, -0.2) is 74.5 Å². The van der Waals surface area contributed by atoms with Crippen LogP contribution in [0.15, 0.2) is 48.4 Å². The zero-order valence-electron chi connectivity index (χ0n) is 18.2. The Balaban J connectivity index is 2.27. The van der Waals surface area contributed by atoms with Crippen LogP contribution in [0.1, 0.15) is 13.8 Å². The van der Waals surface area contributed by atoms with Crippen molar-refractivity contribution in [1.82, 2.24) is 9.21 Å². The van der Waals surface area contributed by atoms with Gasteiger partial charge in [0.25, 0.3) is 5.69 Å². The number of sulfonamides is 1. The molecule has 0 unspecified atom stereocenters. The first-order chi connectivity index (χ1) is 14.7. The molecule has 1 heterocycles. The summed E-state index contributed by atoms with van der Waals surface area (Å²) < 4.78 is 32.2. The number of nitro groups is 1. The zero-order valence-corrected chi connectivity index (χ0v) is 19.0. The van der Waals surface area contributed by atoms with Crippen LogP contribution in [0.25, 0.3) is 0 Å². The third kappa shape index (κ3) is 6.36. The Morgan fingerprint density at radius 3 is 2.39 bits per heavy atom. The van der Waals surface area contributed by atoms with E-state index in [1.54, 1.807) is 0 Å². The number of nitro benzene ring substituents is 1. The van der Waals surface area contributed by atoms with Gasteiger partial charge >= 0.3 is 0 Å². The van der Waals surface area contributed by atoms with Crippen LogP contribution in [0.3, 0.4) is 0 Å². The van der Waals surface area contributed by atoms with Gasteiger partial charge in [0.1, 0.15) is 5.69 Å². The molecule has 0 saturated carbocycles. The highest BCUT2D eigenvalue weighted by atomic mass is 32.2. The monoisotopic (exact) mass is 452 g/mol. The minimum atomic E-state index is -3.82. The summed E-state index contributed by atoms with van der Waals surface area (Å²) in [5.74, 6) is 0.271. The Bertz CT molecular complexity index is 872. The fourth-order valence-corrected chi connectivity index (χ4v) is 5.01. The van der Waals surface area contributed by atoms with Crippen LogP contribution in [0, 0.1) is 16.0 Å². The van der Waals surface area contributed by atoms with Gasteiger partial charge in [-0.2, -0.15) is 4.31 Å². The van der Waals surface area contributed by atoms with E-state index >= 15 is 0 Å². The van der Waals surface area contributed by atoms with Gasteiger partial charge in [-0.15, -0.1) is 13.2 Å². The number of nitrogens with zero attached hydrogens (tertiary/aromatic N) is 3. The molecular weight excluding hydrogens is 420 g/mol. The minimum absolute atomic E-state index is 0.0763. The molecule has 9 nitrogen and oxygen atoms in total. The maximum atomic E-state index is 12.9. The highest BCUT2D eigenvalue weighted by Gasteiger charge is 2.29. The Morgan fingerprint density at radius 2 is 1.87 bits per heavy atom. The van der Waals surface area contributed by atoms with Gasteiger partial charge in [0.2, 0.25) is 10.0 Å². The molecule has 1 saturated heterocycles. The van der Waals surface area contributed by atoms with Gasteiger partial charge in [-0.25, -0.2) is 8.42 Å². The Morgan fingerprint density at radius 1 is 1.26 bits per heavy atom. The third-order valence-electron chi connectivity index (χ3n) is 5.24. The Kier molecular flexibility index (Phi) is 9.17. The molecule has 1 aromatic carbocycles. The van der Waals surface area contributed by atoms with Crippen molar-refractivity contribution in [1.29, 1.82) is 0 Å². The molecular formula is C21H32N4O5S. The lowest BCUT2D eigenvalue weighted by atomic mass is 10.0. The predicted molar refractivity (Wildman–Crippen MR) is 122 cm³/mol. The first kappa shape index (κ1) is 25.0. The molecule has 1 aliphatic rings. The molecule has 0 aromatic heterocycles. The fraction of sp³-hybridized carbons (Fsp3) is 0.524. The summed E-state index contributed by atoms with van der Waals surface area (Å²) in [4.78, 5) is 13.2. The number of benzene rings is 1. The number of nitrogens with one attached hydrogen (secondary N) is 1. The highest BCUT2D eigenvalue weighted by Crippen LogP contribution is 2.29. The summed E-state index contributed by atoms with van der Waals surface area (Å²) in [6, 6.07) is 4.08. The van der Waals surface area contributed by atoms with Crippen LogP contribution in [0.2, 0.25) is 0 Å². The first-order valence-electron chi connectivity index (χ1n) is 10.3. The summed E-state index contributed by atoms with van der Waals surface area (Å²) in [6.07, 6.45) is 3.62. The molecule has 1 aliphatic heterocycles. The second-order valence-corrected chi connectivity index (χ2v) is 9.61. The molecule has 0 radical (unpaired) electrons. The van der Waals surface area contributed by atoms with Gasteiger partial charge in [-0.05, 0) is 18.1 Å². The van der Waals surface area contributed by atoms with E-state index in [0.29, 0.717) is 32.8 Å². The normalized spacial score (nSPS) is 16.3. The molecule has 1 N–H and O–H groups in total. The average Bonchev–Trinajstić information content (AvgIpc) is 2.74. The van der Waals surface area contributed by atoms with E-state index in [0.717, 1.165) is 6.07 Å². The van der Waals surface area contributed by atoms with E-state index in [-0.39, 0.29) is 41.3 Å². The topological polar surface area (TPSA) is 105 Å². The molecule has 172 valence electrons. The summed E-state index contributed by atoms with van der Waals surface area (Å²) in [7, 11) is -3.82. The molecule has 10 heteroatoms. The van der Waals surface area contributed by atoms with E-state index in [4.69, 9.17) is 4.74 Å². The first-order valence-corrected chi connectivity index (χ1v) is 11.7. The number of rotatable bonds is 12. The number of hydrogen-bond donors (Lipinski definition) is 1. The maximum Gasteiger partial charge on any atom is 0.293 e. The number of morpholine rings is 1. The highest BCUT2D eigenvalue weighted by molar-refractivity contribution is 7.89. The molecule has 1 atom stereocenters. The molecule has 2 rings (SSSR count). The largest absolute Gasteiger partial charge is 0.379 e. The van der Waals surface area contributed by atoms with Crippen molar-refractivity contribution in [2.45, 2.75) is 24.8 Å².